The lowest BCUT2D eigenvalue weighted by Gasteiger charge is -2.31. The molecule has 2 aliphatic heterocycles. The number of nitrogens with zero attached hydrogens (tertiary/aromatic N) is 3. The third-order valence-electron chi connectivity index (χ3n) is 6.82. The molecule has 0 saturated carbocycles. The van der Waals surface area contributed by atoms with Gasteiger partial charge in [-0.15, -0.1) is 0 Å². The van der Waals surface area contributed by atoms with Crippen LogP contribution in [0, 0.1) is 0 Å². The molecule has 0 radical (unpaired) electrons. The van der Waals surface area contributed by atoms with Gasteiger partial charge in [-0.05, 0) is 82.4 Å². The van der Waals surface area contributed by atoms with Crippen molar-refractivity contribution in [2.24, 2.45) is 0 Å². The zero-order valence-corrected chi connectivity index (χ0v) is 19.9. The molecule has 0 aliphatic carbocycles. The van der Waals surface area contributed by atoms with E-state index in [2.05, 4.69) is 75.9 Å². The standard InChI is InChI=1S/C25H30BrN3O/c1-6-19(26)22-20(7-2)29-21-10-9-17(16-11-13-28(8-3)14-12-16)15-18(21)25(4,5)24(29)27-23(22)30/h6-7,9-10,15-16H,2,8,11-14H2,1,3-5H3/b19-6+. The fourth-order valence-electron chi connectivity index (χ4n) is 4.97. The van der Waals surface area contributed by atoms with Crippen molar-refractivity contribution in [2.45, 2.75) is 51.9 Å². The van der Waals surface area contributed by atoms with Crippen LogP contribution in [-0.4, -0.2) is 34.1 Å². The Labute approximate surface area is 187 Å². The minimum Gasteiger partial charge on any atom is -0.304 e. The van der Waals surface area contributed by atoms with Crippen molar-refractivity contribution < 1.29 is 0 Å². The van der Waals surface area contributed by atoms with Gasteiger partial charge in [0.25, 0.3) is 5.56 Å². The zero-order valence-electron chi connectivity index (χ0n) is 18.3. The van der Waals surface area contributed by atoms with Crippen LogP contribution in [0.25, 0.3) is 16.2 Å². The summed E-state index contributed by atoms with van der Waals surface area (Å²) in [5.41, 5.74) is 4.55. The minimum absolute atomic E-state index is 0.214. The predicted molar refractivity (Wildman–Crippen MR) is 129 cm³/mol. The lowest BCUT2D eigenvalue weighted by atomic mass is 9.81. The van der Waals surface area contributed by atoms with E-state index in [9.17, 15) is 4.79 Å². The number of benzene rings is 1. The molecule has 0 unspecified atom stereocenters. The Hall–Kier alpha value is -1.98. The maximum atomic E-state index is 12.9. The van der Waals surface area contributed by atoms with Gasteiger partial charge in [0.2, 0.25) is 0 Å². The van der Waals surface area contributed by atoms with E-state index < -0.39 is 0 Å². The molecule has 0 N–H and O–H groups in total. The number of fused-ring (bicyclic) bond motifs is 3. The van der Waals surface area contributed by atoms with E-state index in [4.69, 9.17) is 0 Å². The Morgan fingerprint density at radius 3 is 2.63 bits per heavy atom. The topological polar surface area (TPSA) is 38.1 Å². The fourth-order valence-corrected chi connectivity index (χ4v) is 5.34. The Bertz CT molecular complexity index is 1090. The number of halogens is 1. The molecule has 1 saturated heterocycles. The van der Waals surface area contributed by atoms with Crippen molar-refractivity contribution in [1.82, 2.24) is 14.5 Å². The van der Waals surface area contributed by atoms with Gasteiger partial charge in [0, 0.05) is 4.48 Å². The van der Waals surface area contributed by atoms with Gasteiger partial charge in [-0.1, -0.05) is 47.6 Å². The number of hydrogen-bond donors (Lipinski definition) is 0. The van der Waals surface area contributed by atoms with E-state index in [1.54, 1.807) is 6.08 Å². The highest BCUT2D eigenvalue weighted by Gasteiger charge is 2.40. The third-order valence-corrected chi connectivity index (χ3v) is 7.67. The van der Waals surface area contributed by atoms with Crippen LogP contribution in [0.3, 0.4) is 0 Å². The van der Waals surface area contributed by atoms with E-state index >= 15 is 0 Å². The molecule has 2 aromatic rings. The predicted octanol–water partition coefficient (Wildman–Crippen LogP) is 5.47. The highest BCUT2D eigenvalue weighted by molar-refractivity contribution is 9.15. The second-order valence-corrected chi connectivity index (χ2v) is 9.64. The molecule has 158 valence electrons. The van der Waals surface area contributed by atoms with Gasteiger partial charge < -0.3 is 4.90 Å². The highest BCUT2D eigenvalue weighted by Crippen LogP contribution is 2.44. The van der Waals surface area contributed by atoms with E-state index in [1.807, 2.05) is 13.0 Å². The second-order valence-electron chi connectivity index (χ2n) is 8.79. The molecule has 5 heteroatoms. The lowest BCUT2D eigenvalue weighted by Crippen LogP contribution is -2.32. The summed E-state index contributed by atoms with van der Waals surface area (Å²) in [4.78, 5) is 20.0. The number of piperidine rings is 1. The van der Waals surface area contributed by atoms with Crippen molar-refractivity contribution in [3.8, 4) is 5.69 Å². The van der Waals surface area contributed by atoms with Crippen LogP contribution in [-0.2, 0) is 5.41 Å². The largest absolute Gasteiger partial charge is 0.304 e. The van der Waals surface area contributed by atoms with Crippen molar-refractivity contribution in [1.29, 1.82) is 0 Å². The van der Waals surface area contributed by atoms with Crippen LogP contribution < -0.4 is 5.56 Å². The van der Waals surface area contributed by atoms with Crippen LogP contribution in [0.4, 0.5) is 0 Å². The second kappa shape index (κ2) is 7.93. The van der Waals surface area contributed by atoms with Gasteiger partial charge in [0.1, 0.15) is 5.82 Å². The lowest BCUT2D eigenvalue weighted by molar-refractivity contribution is 0.222. The Morgan fingerprint density at radius 2 is 2.03 bits per heavy atom. The van der Waals surface area contributed by atoms with Crippen LogP contribution in [0.15, 0.2) is 35.6 Å². The van der Waals surface area contributed by atoms with Crippen molar-refractivity contribution in [2.75, 3.05) is 19.6 Å². The van der Waals surface area contributed by atoms with Gasteiger partial charge in [-0.25, -0.2) is 0 Å². The maximum absolute atomic E-state index is 12.9. The first-order valence-electron chi connectivity index (χ1n) is 10.8. The van der Waals surface area contributed by atoms with E-state index in [0.717, 1.165) is 28.2 Å². The molecule has 1 aromatic carbocycles. The molecule has 2 aliphatic rings. The van der Waals surface area contributed by atoms with Crippen LogP contribution in [0.1, 0.15) is 74.7 Å². The molecule has 0 atom stereocenters. The average Bonchev–Trinajstić information content (AvgIpc) is 2.98. The molecule has 4 nitrogen and oxygen atoms in total. The summed E-state index contributed by atoms with van der Waals surface area (Å²) in [6, 6.07) is 6.84. The number of aromatic nitrogens is 2. The molecule has 1 fully saturated rings. The number of rotatable bonds is 4. The van der Waals surface area contributed by atoms with Crippen molar-refractivity contribution in [3.05, 3.63) is 69.4 Å². The van der Waals surface area contributed by atoms with Gasteiger partial charge >= 0.3 is 0 Å². The van der Waals surface area contributed by atoms with E-state index in [-0.39, 0.29) is 11.0 Å². The highest BCUT2D eigenvalue weighted by atomic mass is 79.9. The summed E-state index contributed by atoms with van der Waals surface area (Å²) < 4.78 is 2.86. The van der Waals surface area contributed by atoms with Gasteiger partial charge in [0.15, 0.2) is 0 Å². The molecule has 0 spiro atoms. The fraction of sp³-hybridized carbons (Fsp3) is 0.440. The molecule has 30 heavy (non-hydrogen) atoms. The van der Waals surface area contributed by atoms with Crippen molar-refractivity contribution >= 4 is 26.5 Å². The molecular formula is C25H30BrN3O. The minimum atomic E-state index is -0.340. The summed E-state index contributed by atoms with van der Waals surface area (Å²) in [6.45, 7) is 15.9. The smallest absolute Gasteiger partial charge is 0.281 e. The number of allylic oxidation sites excluding steroid dienone is 1. The Kier molecular flexibility index (Phi) is 5.62. The first kappa shape index (κ1) is 21.3. The van der Waals surface area contributed by atoms with Crippen LogP contribution >= 0.6 is 15.9 Å². The molecule has 1 aromatic heterocycles. The number of hydrogen-bond acceptors (Lipinski definition) is 3. The first-order valence-corrected chi connectivity index (χ1v) is 11.6. The number of likely N-dealkylation sites (tertiary alicyclic amines) is 1. The molecule has 0 amide bonds. The quantitative estimate of drug-likeness (QED) is 0.597. The molecule has 3 heterocycles. The van der Waals surface area contributed by atoms with Crippen molar-refractivity contribution in [3.63, 3.8) is 0 Å². The van der Waals surface area contributed by atoms with Crippen LogP contribution in [0.2, 0.25) is 0 Å². The van der Waals surface area contributed by atoms with E-state index in [0.29, 0.717) is 11.5 Å². The molecular weight excluding hydrogens is 438 g/mol. The summed E-state index contributed by atoms with van der Waals surface area (Å²) in [5.74, 6) is 1.38. The Balaban J connectivity index is 1.86. The summed E-state index contributed by atoms with van der Waals surface area (Å²) in [5, 5.41) is 0. The third kappa shape index (κ3) is 3.23. The monoisotopic (exact) mass is 467 g/mol. The van der Waals surface area contributed by atoms with Gasteiger partial charge in [0.05, 0.1) is 22.4 Å². The van der Waals surface area contributed by atoms with E-state index in [1.165, 1.54) is 37.1 Å². The van der Waals surface area contributed by atoms with Gasteiger partial charge in [-0.2, -0.15) is 4.98 Å². The zero-order chi connectivity index (χ0) is 21.6. The Morgan fingerprint density at radius 1 is 1.33 bits per heavy atom. The molecule has 0 bridgehead atoms. The SMILES string of the molecule is C=Cc1c(/C(Br)=C\C)c(=O)nc2n1-c1ccc(C3CCN(CC)CC3)cc1C2(C)C. The van der Waals surface area contributed by atoms with Crippen LogP contribution in [0.5, 0.6) is 0 Å². The summed E-state index contributed by atoms with van der Waals surface area (Å²) in [7, 11) is 0. The average molecular weight is 468 g/mol. The summed E-state index contributed by atoms with van der Waals surface area (Å²) >= 11 is 3.53. The first-order chi connectivity index (χ1) is 14.3. The van der Waals surface area contributed by atoms with Gasteiger partial charge in [-0.3, -0.25) is 9.36 Å². The summed E-state index contributed by atoms with van der Waals surface area (Å²) in [6.07, 6.45) is 6.05. The normalized spacial score (nSPS) is 18.9. The maximum Gasteiger partial charge on any atom is 0.281 e. The molecule has 4 rings (SSSR count).